The number of hydrogen-bond acceptors (Lipinski definition) is 3. The van der Waals surface area contributed by atoms with Crippen molar-refractivity contribution >= 4 is 12.0 Å². The van der Waals surface area contributed by atoms with E-state index in [9.17, 15) is 9.59 Å². The number of carboxylic acids is 1. The van der Waals surface area contributed by atoms with E-state index >= 15 is 0 Å². The van der Waals surface area contributed by atoms with Crippen LogP contribution >= 0.6 is 0 Å². The van der Waals surface area contributed by atoms with E-state index in [-0.39, 0.29) is 18.7 Å². The quantitative estimate of drug-likeness (QED) is 0.632. The topological polar surface area (TPSA) is 78.9 Å². The maximum atomic E-state index is 11.3. The lowest BCUT2D eigenvalue weighted by Gasteiger charge is -2.30. The average molecular weight is 202 g/mol. The molecule has 14 heavy (non-hydrogen) atoms. The van der Waals surface area contributed by atoms with Crippen LogP contribution in [-0.2, 0) is 9.53 Å². The predicted molar refractivity (Wildman–Crippen MR) is 48.0 cm³/mol. The zero-order valence-corrected chi connectivity index (χ0v) is 8.02. The number of aliphatic carboxylic acids is 1. The van der Waals surface area contributed by atoms with Crippen LogP contribution in [0.4, 0.5) is 4.79 Å². The lowest BCUT2D eigenvalue weighted by atomic mass is 10.3. The number of morpholine rings is 1. The summed E-state index contributed by atoms with van der Waals surface area (Å²) < 4.78 is 5.25. The van der Waals surface area contributed by atoms with Gasteiger partial charge in [-0.05, 0) is 6.92 Å². The van der Waals surface area contributed by atoms with E-state index in [4.69, 9.17) is 9.84 Å². The molecule has 0 spiro atoms. The van der Waals surface area contributed by atoms with Crippen molar-refractivity contribution in [2.45, 2.75) is 13.0 Å². The smallest absolute Gasteiger partial charge is 0.323 e. The van der Waals surface area contributed by atoms with Gasteiger partial charge in [0.25, 0.3) is 0 Å². The second kappa shape index (κ2) is 4.80. The zero-order chi connectivity index (χ0) is 10.6. The Hall–Kier alpha value is -1.30. The Bertz CT molecular complexity index is 231. The van der Waals surface area contributed by atoms with Gasteiger partial charge in [0.1, 0.15) is 6.54 Å². The monoisotopic (exact) mass is 202 g/mol. The molecule has 1 atom stereocenters. The van der Waals surface area contributed by atoms with Gasteiger partial charge in [-0.25, -0.2) is 4.79 Å². The Morgan fingerprint density at radius 1 is 1.64 bits per heavy atom. The third kappa shape index (κ3) is 3.21. The molecular weight excluding hydrogens is 188 g/mol. The summed E-state index contributed by atoms with van der Waals surface area (Å²) >= 11 is 0. The molecule has 0 saturated carbocycles. The van der Waals surface area contributed by atoms with Crippen molar-refractivity contribution in [1.82, 2.24) is 10.2 Å². The molecule has 0 radical (unpaired) electrons. The van der Waals surface area contributed by atoms with Crippen molar-refractivity contribution in [1.29, 1.82) is 0 Å². The van der Waals surface area contributed by atoms with Crippen LogP contribution in [0.3, 0.4) is 0 Å². The highest BCUT2D eigenvalue weighted by atomic mass is 16.5. The number of amides is 2. The zero-order valence-electron chi connectivity index (χ0n) is 8.02. The van der Waals surface area contributed by atoms with Gasteiger partial charge < -0.3 is 20.1 Å². The molecule has 1 unspecified atom stereocenters. The minimum Gasteiger partial charge on any atom is -0.480 e. The summed E-state index contributed by atoms with van der Waals surface area (Å²) in [6, 6.07) is -0.345. The Kier molecular flexibility index (Phi) is 3.70. The van der Waals surface area contributed by atoms with Gasteiger partial charge in [0, 0.05) is 13.1 Å². The molecule has 1 rings (SSSR count). The molecule has 0 aromatic rings. The average Bonchev–Trinajstić information content (AvgIpc) is 2.14. The number of carboxylic acid groups (broad SMARTS) is 1. The number of nitrogens with one attached hydrogen (secondary N) is 1. The van der Waals surface area contributed by atoms with Crippen LogP contribution < -0.4 is 5.32 Å². The van der Waals surface area contributed by atoms with Gasteiger partial charge in [0.15, 0.2) is 0 Å². The van der Waals surface area contributed by atoms with Gasteiger partial charge in [0.05, 0.1) is 12.7 Å². The van der Waals surface area contributed by atoms with Crippen molar-refractivity contribution in [2.75, 3.05) is 26.2 Å². The second-order valence-electron chi connectivity index (χ2n) is 3.18. The van der Waals surface area contributed by atoms with Crippen LogP contribution in [0.15, 0.2) is 0 Å². The highest BCUT2D eigenvalue weighted by molar-refractivity contribution is 5.80. The summed E-state index contributed by atoms with van der Waals surface area (Å²) in [6.45, 7) is 3.05. The number of ether oxygens (including phenoxy) is 1. The Balaban J connectivity index is 2.32. The number of carbonyl (C=O) groups is 2. The minimum atomic E-state index is -1.04. The van der Waals surface area contributed by atoms with Crippen molar-refractivity contribution in [3.63, 3.8) is 0 Å². The normalized spacial score (nSPS) is 21.8. The molecule has 80 valence electrons. The maximum Gasteiger partial charge on any atom is 0.323 e. The summed E-state index contributed by atoms with van der Waals surface area (Å²) in [4.78, 5) is 23.1. The van der Waals surface area contributed by atoms with E-state index in [0.29, 0.717) is 19.7 Å². The van der Waals surface area contributed by atoms with Gasteiger partial charge in [0.2, 0.25) is 0 Å². The molecular formula is C8H14N2O4. The molecule has 2 N–H and O–H groups in total. The molecule has 0 aromatic carbocycles. The first-order valence-corrected chi connectivity index (χ1v) is 4.46. The van der Waals surface area contributed by atoms with Crippen LogP contribution in [0.5, 0.6) is 0 Å². The molecule has 0 bridgehead atoms. The fourth-order valence-corrected chi connectivity index (χ4v) is 1.27. The Morgan fingerprint density at radius 2 is 2.36 bits per heavy atom. The van der Waals surface area contributed by atoms with Gasteiger partial charge >= 0.3 is 12.0 Å². The highest BCUT2D eigenvalue weighted by Crippen LogP contribution is 2.03. The highest BCUT2D eigenvalue weighted by Gasteiger charge is 2.21. The van der Waals surface area contributed by atoms with Crippen LogP contribution in [0.25, 0.3) is 0 Å². The van der Waals surface area contributed by atoms with Crippen LogP contribution in [0.1, 0.15) is 6.92 Å². The fourth-order valence-electron chi connectivity index (χ4n) is 1.27. The van der Waals surface area contributed by atoms with Gasteiger partial charge in [-0.2, -0.15) is 0 Å². The first kappa shape index (κ1) is 10.8. The van der Waals surface area contributed by atoms with E-state index in [2.05, 4.69) is 5.32 Å². The van der Waals surface area contributed by atoms with Crippen molar-refractivity contribution in [2.24, 2.45) is 0 Å². The van der Waals surface area contributed by atoms with Crippen molar-refractivity contribution in [3.05, 3.63) is 0 Å². The number of rotatable bonds is 2. The van der Waals surface area contributed by atoms with Crippen LogP contribution in [-0.4, -0.2) is 54.4 Å². The van der Waals surface area contributed by atoms with E-state index in [1.165, 1.54) is 0 Å². The molecule has 1 aliphatic rings. The van der Waals surface area contributed by atoms with E-state index < -0.39 is 5.97 Å². The molecule has 1 aliphatic heterocycles. The summed E-state index contributed by atoms with van der Waals surface area (Å²) in [5, 5.41) is 10.7. The lowest BCUT2D eigenvalue weighted by molar-refractivity contribution is -0.135. The third-order valence-corrected chi connectivity index (χ3v) is 1.92. The SMILES string of the molecule is CC1CN(C(=O)NCC(=O)O)CCO1. The van der Waals surface area contributed by atoms with Gasteiger partial charge in [-0.3, -0.25) is 4.79 Å². The van der Waals surface area contributed by atoms with Crippen LogP contribution in [0, 0.1) is 0 Å². The standard InChI is InChI=1S/C8H14N2O4/c1-6-5-10(2-3-14-6)8(13)9-4-7(11)12/h6H,2-5H2,1H3,(H,9,13)(H,11,12). The van der Waals surface area contributed by atoms with E-state index in [0.717, 1.165) is 0 Å². The van der Waals surface area contributed by atoms with E-state index in [1.807, 2.05) is 6.92 Å². The van der Waals surface area contributed by atoms with Crippen molar-refractivity contribution < 1.29 is 19.4 Å². The molecule has 6 heteroatoms. The maximum absolute atomic E-state index is 11.3. The minimum absolute atomic E-state index is 0.0133. The number of nitrogens with zero attached hydrogens (tertiary/aromatic N) is 1. The number of hydrogen-bond donors (Lipinski definition) is 2. The van der Waals surface area contributed by atoms with Crippen LogP contribution in [0.2, 0.25) is 0 Å². The molecule has 0 aromatic heterocycles. The summed E-state index contributed by atoms with van der Waals surface area (Å²) in [7, 11) is 0. The predicted octanol–water partition coefficient (Wildman–Crippen LogP) is -0.499. The number of carbonyl (C=O) groups excluding carboxylic acids is 1. The van der Waals surface area contributed by atoms with Crippen molar-refractivity contribution in [3.8, 4) is 0 Å². The summed E-state index contributed by atoms with van der Waals surface area (Å²) in [5.74, 6) is -1.04. The first-order valence-electron chi connectivity index (χ1n) is 4.46. The fraction of sp³-hybridized carbons (Fsp3) is 0.750. The molecule has 2 amide bonds. The molecule has 6 nitrogen and oxygen atoms in total. The van der Waals surface area contributed by atoms with Gasteiger partial charge in [-0.15, -0.1) is 0 Å². The Labute approximate surface area is 81.8 Å². The summed E-state index contributed by atoms with van der Waals surface area (Å²) in [5.41, 5.74) is 0. The molecule has 1 fully saturated rings. The molecule has 1 heterocycles. The summed E-state index contributed by atoms with van der Waals surface area (Å²) in [6.07, 6.45) is 0.0133. The molecule has 1 saturated heterocycles. The first-order chi connectivity index (χ1) is 6.59. The Morgan fingerprint density at radius 3 is 2.93 bits per heavy atom. The second-order valence-corrected chi connectivity index (χ2v) is 3.18. The molecule has 0 aliphatic carbocycles. The van der Waals surface area contributed by atoms with E-state index in [1.54, 1.807) is 4.90 Å². The number of urea groups is 1. The third-order valence-electron chi connectivity index (χ3n) is 1.92. The largest absolute Gasteiger partial charge is 0.480 e. The lowest BCUT2D eigenvalue weighted by Crippen LogP contribution is -2.49. The van der Waals surface area contributed by atoms with Gasteiger partial charge in [-0.1, -0.05) is 0 Å².